The van der Waals surface area contributed by atoms with Crippen molar-refractivity contribution in [3.8, 4) is 11.6 Å². The van der Waals surface area contributed by atoms with E-state index in [0.717, 1.165) is 16.9 Å². The Kier molecular flexibility index (Phi) is 4.44. The van der Waals surface area contributed by atoms with Crippen molar-refractivity contribution >= 4 is 11.3 Å². The Bertz CT molecular complexity index is 644. The zero-order valence-electron chi connectivity index (χ0n) is 10.7. The van der Waals surface area contributed by atoms with E-state index >= 15 is 0 Å². The Morgan fingerprint density at radius 1 is 1.40 bits per heavy atom. The highest BCUT2D eigenvalue weighted by atomic mass is 32.1. The first kappa shape index (κ1) is 14.2. The van der Waals surface area contributed by atoms with Crippen LogP contribution in [0.15, 0.2) is 41.6 Å². The van der Waals surface area contributed by atoms with Crippen LogP contribution in [0.1, 0.15) is 10.4 Å². The number of ether oxygens (including phenoxy) is 1. The molecule has 2 rings (SSSR count). The van der Waals surface area contributed by atoms with E-state index in [-0.39, 0.29) is 16.7 Å². The molecule has 0 radical (unpaired) electrons. The number of aromatic amines is 1. The molecule has 1 aromatic heterocycles. The standard InChI is InChI=1S/C13H13NO5S/c1-8(19-17-2)18-10-5-3-9(4-6-10)7-11-12(15)14-13(16)20-11/h3-6,15H,1,7H2,2H3,(H,14,16). The summed E-state index contributed by atoms with van der Waals surface area (Å²) in [7, 11) is 1.35. The predicted octanol–water partition coefficient (Wildman–Crippen LogP) is 2.16. The van der Waals surface area contributed by atoms with Gasteiger partial charge in [-0.2, -0.15) is 4.89 Å². The van der Waals surface area contributed by atoms with Gasteiger partial charge < -0.3 is 9.84 Å². The van der Waals surface area contributed by atoms with E-state index in [4.69, 9.17) is 4.74 Å². The molecule has 0 saturated heterocycles. The van der Waals surface area contributed by atoms with Gasteiger partial charge in [-0.15, -0.1) is 0 Å². The molecule has 0 amide bonds. The van der Waals surface area contributed by atoms with Gasteiger partial charge in [0, 0.05) is 6.42 Å². The molecule has 2 aromatic rings. The molecular weight excluding hydrogens is 282 g/mol. The van der Waals surface area contributed by atoms with E-state index in [9.17, 15) is 9.90 Å². The molecule has 0 fully saturated rings. The first-order valence-corrected chi connectivity index (χ1v) is 6.47. The normalized spacial score (nSPS) is 10.2. The Hall–Kier alpha value is -2.25. The van der Waals surface area contributed by atoms with Gasteiger partial charge in [0.05, 0.1) is 12.0 Å². The maximum atomic E-state index is 11.1. The Morgan fingerprint density at radius 2 is 2.10 bits per heavy atom. The lowest BCUT2D eigenvalue weighted by atomic mass is 10.1. The van der Waals surface area contributed by atoms with E-state index in [1.807, 2.05) is 12.1 Å². The smallest absolute Gasteiger partial charge is 0.315 e. The summed E-state index contributed by atoms with van der Waals surface area (Å²) in [5, 5.41) is 9.51. The number of hydrogen-bond acceptors (Lipinski definition) is 6. The van der Waals surface area contributed by atoms with Gasteiger partial charge in [-0.1, -0.05) is 23.5 Å². The van der Waals surface area contributed by atoms with Crippen LogP contribution >= 0.6 is 11.3 Å². The molecule has 20 heavy (non-hydrogen) atoms. The molecule has 1 heterocycles. The average molecular weight is 295 g/mol. The number of thiazole rings is 1. The molecule has 0 atom stereocenters. The van der Waals surface area contributed by atoms with Crippen LogP contribution in [0.5, 0.6) is 11.6 Å². The summed E-state index contributed by atoms with van der Waals surface area (Å²) in [6, 6.07) is 7.09. The summed E-state index contributed by atoms with van der Waals surface area (Å²) in [4.78, 5) is 22.8. The number of aromatic hydroxyl groups is 1. The summed E-state index contributed by atoms with van der Waals surface area (Å²) >= 11 is 0.988. The molecule has 0 aliphatic rings. The molecule has 0 aliphatic heterocycles. The number of nitrogens with one attached hydrogen (secondary N) is 1. The highest BCUT2D eigenvalue weighted by Gasteiger charge is 2.08. The van der Waals surface area contributed by atoms with E-state index in [0.29, 0.717) is 17.0 Å². The zero-order valence-corrected chi connectivity index (χ0v) is 11.5. The van der Waals surface area contributed by atoms with Gasteiger partial charge in [0.2, 0.25) is 5.88 Å². The predicted molar refractivity (Wildman–Crippen MR) is 73.7 cm³/mol. The SMILES string of the molecule is C=C(OOC)Oc1ccc(Cc2sc(=O)[nH]c2O)cc1. The highest BCUT2D eigenvalue weighted by molar-refractivity contribution is 7.09. The molecule has 0 unspecified atom stereocenters. The van der Waals surface area contributed by atoms with E-state index in [1.165, 1.54) is 7.11 Å². The third kappa shape index (κ3) is 3.62. The minimum absolute atomic E-state index is 0.0294. The molecule has 106 valence electrons. The second-order valence-corrected chi connectivity index (χ2v) is 4.90. The quantitative estimate of drug-likeness (QED) is 0.485. The number of H-pyrrole nitrogens is 1. The first-order chi connectivity index (χ1) is 9.58. The summed E-state index contributed by atoms with van der Waals surface area (Å²) in [5.74, 6) is 0.492. The van der Waals surface area contributed by atoms with Crippen molar-refractivity contribution in [2.24, 2.45) is 0 Å². The third-order valence-electron chi connectivity index (χ3n) is 2.40. The van der Waals surface area contributed by atoms with Crippen LogP contribution in [0.4, 0.5) is 0 Å². The Morgan fingerprint density at radius 3 is 2.65 bits per heavy atom. The minimum atomic E-state index is -0.273. The van der Waals surface area contributed by atoms with Crippen LogP contribution in [0.25, 0.3) is 0 Å². The molecule has 0 saturated carbocycles. The molecule has 0 aliphatic carbocycles. The van der Waals surface area contributed by atoms with Gasteiger partial charge in [-0.05, 0) is 24.3 Å². The fraction of sp³-hybridized carbons (Fsp3) is 0.154. The highest BCUT2D eigenvalue weighted by Crippen LogP contribution is 2.22. The maximum Gasteiger partial charge on any atom is 0.315 e. The van der Waals surface area contributed by atoms with Crippen molar-refractivity contribution in [2.75, 3.05) is 7.11 Å². The number of hydrogen-bond donors (Lipinski definition) is 2. The monoisotopic (exact) mass is 295 g/mol. The summed E-state index contributed by atoms with van der Waals surface area (Å²) < 4.78 is 5.24. The summed E-state index contributed by atoms with van der Waals surface area (Å²) in [5.41, 5.74) is 0.932. The van der Waals surface area contributed by atoms with Crippen molar-refractivity contribution in [1.82, 2.24) is 4.98 Å². The van der Waals surface area contributed by atoms with Crippen LogP contribution in [0.3, 0.4) is 0 Å². The molecule has 2 N–H and O–H groups in total. The van der Waals surface area contributed by atoms with Gasteiger partial charge in [0.25, 0.3) is 0 Å². The van der Waals surface area contributed by atoms with E-state index in [2.05, 4.69) is 21.3 Å². The second kappa shape index (κ2) is 6.27. The third-order valence-corrected chi connectivity index (χ3v) is 3.27. The molecule has 0 bridgehead atoms. The average Bonchev–Trinajstić information content (AvgIpc) is 2.70. The van der Waals surface area contributed by atoms with E-state index in [1.54, 1.807) is 12.1 Å². The first-order valence-electron chi connectivity index (χ1n) is 5.66. The fourth-order valence-corrected chi connectivity index (χ4v) is 2.33. The minimum Gasteiger partial charge on any atom is -0.494 e. The van der Waals surface area contributed by atoms with Crippen molar-refractivity contribution in [3.63, 3.8) is 0 Å². The van der Waals surface area contributed by atoms with Crippen LogP contribution in [0.2, 0.25) is 0 Å². The lowest BCUT2D eigenvalue weighted by Crippen LogP contribution is -1.98. The van der Waals surface area contributed by atoms with Gasteiger partial charge in [-0.3, -0.25) is 14.7 Å². The topological polar surface area (TPSA) is 80.8 Å². The number of rotatable bonds is 6. The van der Waals surface area contributed by atoms with Gasteiger partial charge in [0.1, 0.15) is 5.75 Å². The molecule has 0 spiro atoms. The number of aromatic nitrogens is 1. The second-order valence-electron chi connectivity index (χ2n) is 3.83. The molecule has 6 nitrogen and oxygen atoms in total. The lowest BCUT2D eigenvalue weighted by Gasteiger charge is -2.07. The maximum absolute atomic E-state index is 11.1. The largest absolute Gasteiger partial charge is 0.494 e. The number of benzene rings is 1. The van der Waals surface area contributed by atoms with Crippen LogP contribution < -0.4 is 9.61 Å². The van der Waals surface area contributed by atoms with Crippen molar-refractivity contribution in [1.29, 1.82) is 0 Å². The zero-order chi connectivity index (χ0) is 14.5. The van der Waals surface area contributed by atoms with Gasteiger partial charge >= 0.3 is 10.8 Å². The Balaban J connectivity index is 2.03. The van der Waals surface area contributed by atoms with Crippen molar-refractivity contribution < 1.29 is 19.6 Å². The van der Waals surface area contributed by atoms with Crippen LogP contribution in [-0.2, 0) is 16.2 Å². The van der Waals surface area contributed by atoms with Gasteiger partial charge in [-0.25, -0.2) is 0 Å². The fourth-order valence-electron chi connectivity index (χ4n) is 1.57. The van der Waals surface area contributed by atoms with Gasteiger partial charge in [0.15, 0.2) is 0 Å². The lowest BCUT2D eigenvalue weighted by molar-refractivity contribution is -0.260. The molecule has 7 heteroatoms. The Labute approximate surface area is 118 Å². The van der Waals surface area contributed by atoms with E-state index < -0.39 is 0 Å². The van der Waals surface area contributed by atoms with Crippen LogP contribution in [-0.4, -0.2) is 17.2 Å². The molecule has 1 aromatic carbocycles. The summed E-state index contributed by atoms with van der Waals surface area (Å²) in [6.07, 6.45) is 0.463. The molecular formula is C13H13NO5S. The van der Waals surface area contributed by atoms with Crippen molar-refractivity contribution in [3.05, 3.63) is 56.9 Å². The van der Waals surface area contributed by atoms with Crippen molar-refractivity contribution in [2.45, 2.75) is 6.42 Å². The van der Waals surface area contributed by atoms with Crippen LogP contribution in [0, 0.1) is 0 Å². The summed E-state index contributed by atoms with van der Waals surface area (Å²) in [6.45, 7) is 3.50.